The summed E-state index contributed by atoms with van der Waals surface area (Å²) >= 11 is 0. The van der Waals surface area contributed by atoms with E-state index in [0.29, 0.717) is 0 Å². The third-order valence-corrected chi connectivity index (χ3v) is 5.58. The normalized spacial score (nSPS) is 17.0. The van der Waals surface area contributed by atoms with Gasteiger partial charge >= 0.3 is 0 Å². The summed E-state index contributed by atoms with van der Waals surface area (Å²) in [7, 11) is 0. The molecule has 2 heterocycles. The first-order chi connectivity index (χ1) is 13.4. The molecule has 5 rings (SSSR count). The van der Waals surface area contributed by atoms with Crippen LogP contribution in [0.25, 0.3) is 10.8 Å². The Bertz CT molecular complexity index is 1070. The smallest absolute Gasteiger partial charge is 0.0788 e. The molecule has 27 heavy (non-hydrogen) atoms. The topological polar surface area (TPSA) is 16.1 Å². The van der Waals surface area contributed by atoms with Crippen LogP contribution in [0.15, 0.2) is 91.1 Å². The molecule has 2 heteroatoms. The second kappa shape index (κ2) is 6.98. The van der Waals surface area contributed by atoms with E-state index in [1.165, 1.54) is 27.5 Å². The summed E-state index contributed by atoms with van der Waals surface area (Å²) < 4.78 is 0. The summed E-state index contributed by atoms with van der Waals surface area (Å²) in [6.07, 6.45) is 3.04. The number of rotatable bonds is 3. The van der Waals surface area contributed by atoms with Gasteiger partial charge < -0.3 is 0 Å². The second-order valence-corrected chi connectivity index (χ2v) is 7.22. The lowest BCUT2D eigenvalue weighted by atomic mass is 9.88. The maximum absolute atomic E-state index is 4.88. The molecule has 132 valence electrons. The maximum atomic E-state index is 4.88. The molecular formula is C25H22N2. The zero-order valence-corrected chi connectivity index (χ0v) is 15.3. The summed E-state index contributed by atoms with van der Waals surface area (Å²) in [6.45, 7) is 1.98. The monoisotopic (exact) mass is 350 g/mol. The highest BCUT2D eigenvalue weighted by Gasteiger charge is 2.30. The Kier molecular flexibility index (Phi) is 4.19. The van der Waals surface area contributed by atoms with Crippen molar-refractivity contribution in [2.24, 2.45) is 0 Å². The zero-order valence-electron chi connectivity index (χ0n) is 15.3. The highest BCUT2D eigenvalue weighted by molar-refractivity contribution is 5.85. The molecule has 0 aliphatic carbocycles. The average molecular weight is 350 g/mol. The van der Waals surface area contributed by atoms with Crippen molar-refractivity contribution in [2.75, 3.05) is 6.54 Å². The molecule has 1 aliphatic rings. The van der Waals surface area contributed by atoms with Crippen LogP contribution >= 0.6 is 0 Å². The lowest BCUT2D eigenvalue weighted by Gasteiger charge is -2.37. The highest BCUT2D eigenvalue weighted by Crippen LogP contribution is 2.37. The van der Waals surface area contributed by atoms with Crippen LogP contribution in [0, 0.1) is 0 Å². The molecular weight excluding hydrogens is 328 g/mol. The summed E-state index contributed by atoms with van der Waals surface area (Å²) in [5.74, 6) is 0. The van der Waals surface area contributed by atoms with E-state index in [4.69, 9.17) is 4.98 Å². The van der Waals surface area contributed by atoms with Crippen molar-refractivity contribution in [2.45, 2.75) is 19.0 Å². The number of fused-ring (bicyclic) bond motifs is 2. The Morgan fingerprint density at radius 3 is 2.52 bits per heavy atom. The van der Waals surface area contributed by atoms with Gasteiger partial charge in [-0.1, -0.05) is 78.9 Å². The van der Waals surface area contributed by atoms with E-state index in [1.54, 1.807) is 0 Å². The quantitative estimate of drug-likeness (QED) is 0.493. The predicted octanol–water partition coefficient (Wildman–Crippen LogP) is 5.38. The number of nitrogens with zero attached hydrogens (tertiary/aromatic N) is 2. The largest absolute Gasteiger partial charge is 0.286 e. The zero-order chi connectivity index (χ0) is 18.1. The maximum Gasteiger partial charge on any atom is 0.0788 e. The van der Waals surface area contributed by atoms with Crippen molar-refractivity contribution in [3.05, 3.63) is 114 Å². The van der Waals surface area contributed by atoms with Crippen LogP contribution in [0.1, 0.15) is 28.4 Å². The molecule has 0 N–H and O–H groups in total. The first-order valence-corrected chi connectivity index (χ1v) is 9.59. The Balaban J connectivity index is 1.66. The van der Waals surface area contributed by atoms with Crippen molar-refractivity contribution in [3.63, 3.8) is 0 Å². The minimum absolute atomic E-state index is 0.182. The Hall–Kier alpha value is -2.97. The van der Waals surface area contributed by atoms with Gasteiger partial charge in [0.25, 0.3) is 0 Å². The Morgan fingerprint density at radius 1 is 0.815 bits per heavy atom. The summed E-state index contributed by atoms with van der Waals surface area (Å²) in [5.41, 5.74) is 5.35. The molecule has 0 saturated heterocycles. The molecule has 1 atom stereocenters. The van der Waals surface area contributed by atoms with Crippen LogP contribution < -0.4 is 0 Å². The molecule has 4 aromatic rings. The van der Waals surface area contributed by atoms with E-state index in [0.717, 1.165) is 25.2 Å². The van der Waals surface area contributed by atoms with Gasteiger partial charge in [-0.2, -0.15) is 0 Å². The number of hydrogen-bond acceptors (Lipinski definition) is 2. The van der Waals surface area contributed by atoms with Gasteiger partial charge in [0.05, 0.1) is 11.7 Å². The van der Waals surface area contributed by atoms with E-state index in [9.17, 15) is 0 Å². The van der Waals surface area contributed by atoms with Gasteiger partial charge in [0.15, 0.2) is 0 Å². The van der Waals surface area contributed by atoms with Crippen LogP contribution in [0.3, 0.4) is 0 Å². The van der Waals surface area contributed by atoms with Crippen molar-refractivity contribution in [1.82, 2.24) is 9.88 Å². The van der Waals surface area contributed by atoms with Crippen molar-refractivity contribution in [3.8, 4) is 0 Å². The molecule has 1 aliphatic heterocycles. The molecule has 0 spiro atoms. The van der Waals surface area contributed by atoms with Gasteiger partial charge in [0.1, 0.15) is 0 Å². The van der Waals surface area contributed by atoms with Crippen LogP contribution in [0.4, 0.5) is 0 Å². The number of hydrogen-bond donors (Lipinski definition) is 0. The summed E-state index contributed by atoms with van der Waals surface area (Å²) in [4.78, 5) is 7.46. The lowest BCUT2D eigenvalue weighted by molar-refractivity contribution is 0.202. The lowest BCUT2D eigenvalue weighted by Crippen LogP contribution is -2.36. The fourth-order valence-electron chi connectivity index (χ4n) is 4.29. The molecule has 0 unspecified atom stereocenters. The van der Waals surface area contributed by atoms with Crippen LogP contribution in [-0.4, -0.2) is 16.4 Å². The van der Waals surface area contributed by atoms with E-state index < -0.39 is 0 Å². The second-order valence-electron chi connectivity index (χ2n) is 7.22. The van der Waals surface area contributed by atoms with Gasteiger partial charge in [-0.05, 0) is 34.6 Å². The molecule has 3 aromatic carbocycles. The molecule has 2 nitrogen and oxygen atoms in total. The molecule has 0 bridgehead atoms. The van der Waals surface area contributed by atoms with Gasteiger partial charge in [0.2, 0.25) is 0 Å². The van der Waals surface area contributed by atoms with Gasteiger partial charge in [0, 0.05) is 24.7 Å². The summed E-state index contributed by atoms with van der Waals surface area (Å²) in [5, 5.41) is 2.50. The highest BCUT2D eigenvalue weighted by atomic mass is 15.2. The fraction of sp³-hybridized carbons (Fsp3) is 0.160. The van der Waals surface area contributed by atoms with E-state index in [1.807, 2.05) is 6.20 Å². The average Bonchev–Trinajstić information content (AvgIpc) is 2.74. The first-order valence-electron chi connectivity index (χ1n) is 9.59. The van der Waals surface area contributed by atoms with Crippen LogP contribution in [0.2, 0.25) is 0 Å². The third-order valence-electron chi connectivity index (χ3n) is 5.58. The molecule has 0 fully saturated rings. The predicted molar refractivity (Wildman–Crippen MR) is 111 cm³/mol. The molecule has 0 saturated carbocycles. The summed E-state index contributed by atoms with van der Waals surface area (Å²) in [6, 6.07) is 30.5. The Labute approximate surface area is 160 Å². The SMILES string of the molecule is c1ccc(CN2CCc3ccccc3[C@H]2c2nccc3ccccc23)cc1. The third kappa shape index (κ3) is 3.02. The number of aromatic nitrogens is 1. The number of pyridine rings is 1. The van der Waals surface area contributed by atoms with E-state index >= 15 is 0 Å². The van der Waals surface area contributed by atoms with Crippen molar-refractivity contribution in [1.29, 1.82) is 0 Å². The van der Waals surface area contributed by atoms with E-state index in [2.05, 4.69) is 89.8 Å². The Morgan fingerprint density at radius 2 is 1.59 bits per heavy atom. The minimum atomic E-state index is 0.182. The molecule has 0 radical (unpaired) electrons. The number of benzene rings is 3. The first kappa shape index (κ1) is 16.2. The van der Waals surface area contributed by atoms with Gasteiger partial charge in [-0.25, -0.2) is 0 Å². The van der Waals surface area contributed by atoms with Crippen LogP contribution in [-0.2, 0) is 13.0 Å². The van der Waals surface area contributed by atoms with Crippen molar-refractivity contribution < 1.29 is 0 Å². The van der Waals surface area contributed by atoms with Gasteiger partial charge in [-0.15, -0.1) is 0 Å². The van der Waals surface area contributed by atoms with Gasteiger partial charge in [-0.3, -0.25) is 9.88 Å². The van der Waals surface area contributed by atoms with E-state index in [-0.39, 0.29) is 6.04 Å². The fourth-order valence-corrected chi connectivity index (χ4v) is 4.29. The van der Waals surface area contributed by atoms with Crippen LogP contribution in [0.5, 0.6) is 0 Å². The minimum Gasteiger partial charge on any atom is -0.286 e. The van der Waals surface area contributed by atoms with Crippen molar-refractivity contribution >= 4 is 10.8 Å². The molecule has 0 amide bonds. The standard InChI is InChI=1S/C25H22N2/c1-2-8-19(9-3-1)18-27-17-15-21-11-5-7-13-23(21)25(27)24-22-12-6-4-10-20(22)14-16-26-24/h1-14,16,25H,15,17-18H2/t25-/m0/s1. The molecule has 1 aromatic heterocycles.